The van der Waals surface area contributed by atoms with Gasteiger partial charge in [0.05, 0.1) is 17.1 Å². The number of benzene rings is 1. The van der Waals surface area contributed by atoms with Gasteiger partial charge in [-0.05, 0) is 68.0 Å². The van der Waals surface area contributed by atoms with Gasteiger partial charge in [-0.1, -0.05) is 6.07 Å². The maximum atomic E-state index is 13.4. The van der Waals surface area contributed by atoms with Crippen LogP contribution in [0.5, 0.6) is 0 Å². The first-order valence-corrected chi connectivity index (χ1v) is 11.4. The minimum Gasteiger partial charge on any atom is -0.337 e. The van der Waals surface area contributed by atoms with Crippen molar-refractivity contribution in [2.75, 3.05) is 13.1 Å². The maximum absolute atomic E-state index is 13.4. The Balaban J connectivity index is 1.32. The molecule has 1 saturated heterocycles. The zero-order valence-electron chi connectivity index (χ0n) is 17.9. The van der Waals surface area contributed by atoms with E-state index in [1.165, 1.54) is 12.8 Å². The molecular formula is C25H25N5O2. The maximum Gasteiger partial charge on any atom is 0.330 e. The van der Waals surface area contributed by atoms with Crippen LogP contribution < -0.4 is 5.69 Å². The summed E-state index contributed by atoms with van der Waals surface area (Å²) in [4.78, 5) is 37.5. The third-order valence-corrected chi connectivity index (χ3v) is 6.76. The monoisotopic (exact) mass is 427 g/mol. The van der Waals surface area contributed by atoms with Crippen molar-refractivity contribution < 1.29 is 4.79 Å². The fourth-order valence-electron chi connectivity index (χ4n) is 4.91. The lowest BCUT2D eigenvalue weighted by atomic mass is 10.0. The Kier molecular flexibility index (Phi) is 4.56. The van der Waals surface area contributed by atoms with Crippen molar-refractivity contribution in [3.05, 3.63) is 70.9 Å². The van der Waals surface area contributed by atoms with Crippen LogP contribution in [0.15, 0.2) is 59.7 Å². The molecule has 6 rings (SSSR count). The third-order valence-electron chi connectivity index (χ3n) is 6.76. The summed E-state index contributed by atoms with van der Waals surface area (Å²) in [5.41, 5.74) is 3.17. The van der Waals surface area contributed by atoms with Gasteiger partial charge in [0.2, 0.25) is 0 Å². The lowest BCUT2D eigenvalue weighted by Gasteiger charge is -2.33. The van der Waals surface area contributed by atoms with Gasteiger partial charge in [0.15, 0.2) is 5.65 Å². The molecule has 0 radical (unpaired) electrons. The highest BCUT2D eigenvalue weighted by Gasteiger charge is 2.31. The summed E-state index contributed by atoms with van der Waals surface area (Å²) in [6.07, 6.45) is 7.60. The molecule has 0 bridgehead atoms. The van der Waals surface area contributed by atoms with Crippen molar-refractivity contribution in [3.8, 4) is 0 Å². The van der Waals surface area contributed by atoms with E-state index in [0.717, 1.165) is 41.5 Å². The number of carbonyl (C=O) groups is 1. The Morgan fingerprint density at radius 3 is 2.75 bits per heavy atom. The quantitative estimate of drug-likeness (QED) is 0.499. The van der Waals surface area contributed by atoms with E-state index in [-0.39, 0.29) is 17.6 Å². The average molecular weight is 428 g/mol. The Labute approximate surface area is 185 Å². The molecule has 4 aromatic rings. The third kappa shape index (κ3) is 3.28. The topological polar surface area (TPSA) is 73.0 Å². The van der Waals surface area contributed by atoms with E-state index in [2.05, 4.69) is 9.97 Å². The van der Waals surface area contributed by atoms with E-state index < -0.39 is 0 Å². The van der Waals surface area contributed by atoms with Gasteiger partial charge < -0.3 is 4.90 Å². The van der Waals surface area contributed by atoms with E-state index in [4.69, 9.17) is 0 Å². The number of nitrogens with zero attached hydrogens (tertiary/aromatic N) is 5. The molecule has 0 unspecified atom stereocenters. The molecule has 1 aliphatic heterocycles. The van der Waals surface area contributed by atoms with E-state index in [9.17, 15) is 9.59 Å². The molecule has 162 valence electrons. The molecule has 2 fully saturated rings. The molecule has 7 heteroatoms. The molecule has 1 saturated carbocycles. The molecule has 0 N–H and O–H groups in total. The average Bonchev–Trinajstić information content (AvgIpc) is 3.62. The van der Waals surface area contributed by atoms with Crippen LogP contribution in [0.4, 0.5) is 0 Å². The van der Waals surface area contributed by atoms with E-state index in [0.29, 0.717) is 24.6 Å². The minimum atomic E-state index is -0.0693. The molecule has 7 nitrogen and oxygen atoms in total. The van der Waals surface area contributed by atoms with Gasteiger partial charge in [-0.25, -0.2) is 9.78 Å². The smallest absolute Gasteiger partial charge is 0.330 e. The summed E-state index contributed by atoms with van der Waals surface area (Å²) in [5, 5.41) is 0.954. The van der Waals surface area contributed by atoms with Crippen molar-refractivity contribution in [1.29, 1.82) is 0 Å². The zero-order chi connectivity index (χ0) is 21.7. The minimum absolute atomic E-state index is 0.00155. The van der Waals surface area contributed by atoms with Crippen LogP contribution in [0.2, 0.25) is 0 Å². The number of likely N-dealkylation sites (tertiary alicyclic amines) is 1. The van der Waals surface area contributed by atoms with Gasteiger partial charge in [-0.15, -0.1) is 0 Å². The standard InChI is InChI=1S/C25H25N5O2/c31-24(19-9-10-21-18(14-19)4-1-11-26-21)28-13-3-5-20(16-28)30-23-22(6-2-12-27-23)29(25(30)32)15-17-7-8-17/h1-2,4,6,9-12,14,17,20H,3,5,7-8,13,15-16H2/t20-/m0/s1. The fraction of sp³-hybridized carbons (Fsp3) is 0.360. The largest absolute Gasteiger partial charge is 0.337 e. The first kappa shape index (κ1) is 19.2. The lowest BCUT2D eigenvalue weighted by molar-refractivity contribution is 0.0679. The van der Waals surface area contributed by atoms with Crippen LogP contribution in [0.3, 0.4) is 0 Å². The molecule has 1 amide bonds. The second-order valence-electron chi connectivity index (χ2n) is 9.01. The summed E-state index contributed by atoms with van der Waals surface area (Å²) < 4.78 is 3.72. The second-order valence-corrected chi connectivity index (χ2v) is 9.01. The van der Waals surface area contributed by atoms with Crippen molar-refractivity contribution in [2.45, 2.75) is 38.3 Å². The molecule has 0 spiro atoms. The molecule has 1 aromatic carbocycles. The first-order chi connectivity index (χ1) is 15.7. The van der Waals surface area contributed by atoms with Crippen LogP contribution in [0, 0.1) is 5.92 Å². The van der Waals surface area contributed by atoms with Gasteiger partial charge in [-0.3, -0.25) is 18.9 Å². The number of carbonyl (C=O) groups excluding carboxylic acids is 1. The predicted molar refractivity (Wildman–Crippen MR) is 123 cm³/mol. The summed E-state index contributed by atoms with van der Waals surface area (Å²) >= 11 is 0. The van der Waals surface area contributed by atoms with Crippen LogP contribution >= 0.6 is 0 Å². The van der Waals surface area contributed by atoms with Gasteiger partial charge in [0, 0.05) is 43.0 Å². The number of pyridine rings is 2. The van der Waals surface area contributed by atoms with E-state index in [1.54, 1.807) is 12.4 Å². The molecule has 3 aromatic heterocycles. The van der Waals surface area contributed by atoms with Crippen LogP contribution in [-0.2, 0) is 6.54 Å². The number of aromatic nitrogens is 4. The number of amides is 1. The lowest BCUT2D eigenvalue weighted by Crippen LogP contribution is -2.43. The zero-order valence-corrected chi connectivity index (χ0v) is 17.9. The molecule has 1 atom stereocenters. The van der Waals surface area contributed by atoms with Crippen molar-refractivity contribution in [2.24, 2.45) is 5.92 Å². The fourth-order valence-corrected chi connectivity index (χ4v) is 4.91. The second kappa shape index (κ2) is 7.58. The van der Waals surface area contributed by atoms with Crippen LogP contribution in [0.1, 0.15) is 42.1 Å². The molecule has 32 heavy (non-hydrogen) atoms. The summed E-state index contributed by atoms with van der Waals surface area (Å²) in [7, 11) is 0. The number of fused-ring (bicyclic) bond motifs is 2. The van der Waals surface area contributed by atoms with Crippen LogP contribution in [-0.4, -0.2) is 43.0 Å². The van der Waals surface area contributed by atoms with Gasteiger partial charge in [-0.2, -0.15) is 0 Å². The number of rotatable bonds is 4. The summed E-state index contributed by atoms with van der Waals surface area (Å²) in [6, 6.07) is 13.3. The van der Waals surface area contributed by atoms with Crippen LogP contribution in [0.25, 0.3) is 22.1 Å². The number of hydrogen-bond acceptors (Lipinski definition) is 4. The van der Waals surface area contributed by atoms with Gasteiger partial charge in [0.25, 0.3) is 5.91 Å². The highest BCUT2D eigenvalue weighted by atomic mass is 16.2. The Hall–Kier alpha value is -3.48. The number of hydrogen-bond donors (Lipinski definition) is 0. The number of piperidine rings is 1. The first-order valence-electron chi connectivity index (χ1n) is 11.4. The molecule has 4 heterocycles. The summed E-state index contributed by atoms with van der Waals surface area (Å²) in [6.45, 7) is 1.97. The van der Waals surface area contributed by atoms with Gasteiger partial charge in [0.1, 0.15) is 0 Å². The Bertz CT molecular complexity index is 1380. The van der Waals surface area contributed by atoms with Gasteiger partial charge >= 0.3 is 5.69 Å². The Morgan fingerprint density at radius 1 is 1.03 bits per heavy atom. The molecular weight excluding hydrogens is 402 g/mol. The normalized spacial score (nSPS) is 19.0. The SMILES string of the molecule is O=C(c1ccc2ncccc2c1)N1CCC[C@H](n2c(=O)n(CC3CC3)c3cccnc32)C1. The van der Waals surface area contributed by atoms with E-state index >= 15 is 0 Å². The highest BCUT2D eigenvalue weighted by molar-refractivity contribution is 5.98. The summed E-state index contributed by atoms with van der Waals surface area (Å²) in [5.74, 6) is 0.599. The van der Waals surface area contributed by atoms with Crippen molar-refractivity contribution in [3.63, 3.8) is 0 Å². The molecule has 1 aliphatic carbocycles. The number of imidazole rings is 1. The predicted octanol–water partition coefficient (Wildman–Crippen LogP) is 3.63. The van der Waals surface area contributed by atoms with E-state index in [1.807, 2.05) is 56.5 Å². The van der Waals surface area contributed by atoms with Crippen molar-refractivity contribution in [1.82, 2.24) is 24.0 Å². The Morgan fingerprint density at radius 2 is 1.88 bits per heavy atom. The molecule has 2 aliphatic rings. The highest BCUT2D eigenvalue weighted by Crippen LogP contribution is 2.32. The van der Waals surface area contributed by atoms with Crippen molar-refractivity contribution >= 4 is 28.0 Å².